The zero-order chi connectivity index (χ0) is 26.5. The molecule has 0 saturated heterocycles. The minimum absolute atomic E-state index is 0.0315. The number of benzene rings is 2. The average molecular weight is 518 g/mol. The van der Waals surface area contributed by atoms with Crippen molar-refractivity contribution in [2.24, 2.45) is 0 Å². The molecule has 0 aliphatic rings. The second-order valence-corrected chi connectivity index (χ2v) is 10.2. The van der Waals surface area contributed by atoms with Crippen molar-refractivity contribution in [1.82, 2.24) is 14.7 Å². The standard InChI is InChI=1S/C27H30F3N3O2S/c1-6-8-18(9-7-2)23-24(21-11-10-20-15-22(35-5)13-12-19(20)14-21)33-25(32-23)26(3,4)16-31-36(34)17-27(28,29)30/h6-15,31H,1,16-17H2,2-5H3,(H,32,33)/b9-7-,18-8+. The molecule has 0 amide bonds. The third-order valence-corrected chi connectivity index (χ3v) is 6.62. The second kappa shape index (κ2) is 11.3. The van der Waals surface area contributed by atoms with E-state index >= 15 is 0 Å². The van der Waals surface area contributed by atoms with E-state index < -0.39 is 28.3 Å². The number of alkyl halides is 3. The highest BCUT2D eigenvalue weighted by molar-refractivity contribution is 7.83. The lowest BCUT2D eigenvalue weighted by Gasteiger charge is -2.22. The quantitative estimate of drug-likeness (QED) is 0.303. The van der Waals surface area contributed by atoms with Crippen LogP contribution in [0.25, 0.3) is 27.6 Å². The number of imidazole rings is 1. The second-order valence-electron chi connectivity index (χ2n) is 8.90. The number of fused-ring (bicyclic) bond motifs is 1. The van der Waals surface area contributed by atoms with Gasteiger partial charge in [-0.25, -0.2) is 13.9 Å². The number of hydrogen-bond acceptors (Lipinski definition) is 3. The molecule has 0 radical (unpaired) electrons. The first-order chi connectivity index (χ1) is 17.0. The van der Waals surface area contributed by atoms with Gasteiger partial charge in [0.25, 0.3) is 0 Å². The van der Waals surface area contributed by atoms with E-state index in [4.69, 9.17) is 9.72 Å². The summed E-state index contributed by atoms with van der Waals surface area (Å²) >= 11 is 0. The highest BCUT2D eigenvalue weighted by Gasteiger charge is 2.32. The van der Waals surface area contributed by atoms with E-state index in [0.717, 1.165) is 33.4 Å². The first kappa shape index (κ1) is 27.4. The number of aromatic amines is 1. The van der Waals surface area contributed by atoms with E-state index in [1.54, 1.807) is 13.2 Å². The molecule has 0 fully saturated rings. The van der Waals surface area contributed by atoms with Crippen LogP contribution in [0.15, 0.2) is 67.3 Å². The molecule has 9 heteroatoms. The van der Waals surface area contributed by atoms with E-state index in [2.05, 4.69) is 16.3 Å². The van der Waals surface area contributed by atoms with Crippen LogP contribution in [-0.2, 0) is 16.4 Å². The average Bonchev–Trinajstić information content (AvgIpc) is 3.27. The summed E-state index contributed by atoms with van der Waals surface area (Å²) in [4.78, 5) is 8.25. The van der Waals surface area contributed by atoms with E-state index in [1.165, 1.54) is 0 Å². The zero-order valence-electron chi connectivity index (χ0n) is 20.7. The number of nitrogens with zero attached hydrogens (tertiary/aromatic N) is 1. The van der Waals surface area contributed by atoms with Crippen molar-refractivity contribution in [3.63, 3.8) is 0 Å². The summed E-state index contributed by atoms with van der Waals surface area (Å²) in [6.07, 6.45) is 2.86. The number of ether oxygens (including phenoxy) is 1. The summed E-state index contributed by atoms with van der Waals surface area (Å²) in [6.45, 7) is 9.40. The van der Waals surface area contributed by atoms with Crippen LogP contribution in [0, 0.1) is 0 Å². The fourth-order valence-electron chi connectivity index (χ4n) is 3.68. The molecule has 1 heterocycles. The SMILES string of the molecule is C=C/C=C(\C=C/C)c1[nH]c(C(C)(C)CNS(=O)CC(F)(F)F)nc1-c1ccc2cc(OC)ccc2c1. The number of aromatic nitrogens is 2. The number of nitrogens with one attached hydrogen (secondary N) is 2. The highest BCUT2D eigenvalue weighted by atomic mass is 32.2. The Bertz CT molecular complexity index is 1320. The molecule has 3 aromatic rings. The molecule has 1 unspecified atom stereocenters. The lowest BCUT2D eigenvalue weighted by atomic mass is 9.93. The van der Waals surface area contributed by atoms with Gasteiger partial charge in [0.2, 0.25) is 0 Å². The third kappa shape index (κ3) is 6.73. The summed E-state index contributed by atoms with van der Waals surface area (Å²) in [6, 6.07) is 11.8. The van der Waals surface area contributed by atoms with Gasteiger partial charge in [-0.3, -0.25) is 0 Å². The van der Waals surface area contributed by atoms with Gasteiger partial charge < -0.3 is 9.72 Å². The first-order valence-corrected chi connectivity index (χ1v) is 12.6. The van der Waals surface area contributed by atoms with Gasteiger partial charge in [0.05, 0.1) is 18.5 Å². The lowest BCUT2D eigenvalue weighted by molar-refractivity contribution is -0.105. The van der Waals surface area contributed by atoms with Crippen molar-refractivity contribution in [1.29, 1.82) is 0 Å². The van der Waals surface area contributed by atoms with Crippen molar-refractivity contribution in [2.75, 3.05) is 19.4 Å². The van der Waals surface area contributed by atoms with Gasteiger partial charge in [0, 0.05) is 17.5 Å². The fourth-order valence-corrected chi connectivity index (χ4v) is 4.60. The van der Waals surface area contributed by atoms with Crippen molar-refractivity contribution in [3.8, 4) is 17.0 Å². The maximum atomic E-state index is 12.6. The van der Waals surface area contributed by atoms with Crippen molar-refractivity contribution in [3.05, 3.63) is 78.8 Å². The minimum Gasteiger partial charge on any atom is -0.497 e. The monoisotopic (exact) mass is 517 g/mol. The Labute approximate surface area is 211 Å². The molecule has 0 spiro atoms. The van der Waals surface area contributed by atoms with Gasteiger partial charge in [0.1, 0.15) is 28.3 Å². The summed E-state index contributed by atoms with van der Waals surface area (Å²) < 4.78 is 57.5. The molecule has 3 rings (SSSR count). The van der Waals surface area contributed by atoms with Gasteiger partial charge in [-0.1, -0.05) is 62.9 Å². The molecule has 36 heavy (non-hydrogen) atoms. The number of halogens is 3. The highest BCUT2D eigenvalue weighted by Crippen LogP contribution is 2.34. The van der Waals surface area contributed by atoms with Gasteiger partial charge >= 0.3 is 6.18 Å². The Kier molecular flexibility index (Phi) is 8.58. The van der Waals surface area contributed by atoms with Gasteiger partial charge in [-0.15, -0.1) is 0 Å². The number of methoxy groups -OCH3 is 1. The molecule has 2 aromatic carbocycles. The van der Waals surface area contributed by atoms with Crippen LogP contribution in [-0.4, -0.2) is 39.8 Å². The molecule has 0 bridgehead atoms. The van der Waals surface area contributed by atoms with E-state index in [1.807, 2.05) is 75.4 Å². The van der Waals surface area contributed by atoms with Crippen LogP contribution in [0.5, 0.6) is 5.75 Å². The van der Waals surface area contributed by atoms with Gasteiger partial charge in [-0.2, -0.15) is 13.2 Å². The normalized spacial score (nSPS) is 13.9. The van der Waals surface area contributed by atoms with Crippen LogP contribution in [0.4, 0.5) is 13.2 Å². The number of H-pyrrole nitrogens is 1. The lowest BCUT2D eigenvalue weighted by Crippen LogP contribution is -2.37. The molecule has 1 aromatic heterocycles. The Morgan fingerprint density at radius 2 is 1.89 bits per heavy atom. The Morgan fingerprint density at radius 3 is 2.53 bits per heavy atom. The number of allylic oxidation sites excluding steroid dienone is 5. The van der Waals surface area contributed by atoms with E-state index in [0.29, 0.717) is 11.5 Å². The molecular weight excluding hydrogens is 487 g/mol. The molecule has 192 valence electrons. The van der Waals surface area contributed by atoms with Crippen LogP contribution in [0.2, 0.25) is 0 Å². The van der Waals surface area contributed by atoms with Crippen LogP contribution >= 0.6 is 0 Å². The Hall–Kier alpha value is -3.17. The molecule has 0 aliphatic heterocycles. The van der Waals surface area contributed by atoms with Gasteiger partial charge in [0.15, 0.2) is 0 Å². The van der Waals surface area contributed by atoms with Crippen LogP contribution < -0.4 is 9.46 Å². The Balaban J connectivity index is 2.06. The third-order valence-electron chi connectivity index (χ3n) is 5.57. The Morgan fingerprint density at radius 1 is 1.19 bits per heavy atom. The van der Waals surface area contributed by atoms with Crippen molar-refractivity contribution < 1.29 is 22.1 Å². The van der Waals surface area contributed by atoms with Gasteiger partial charge in [-0.05, 0) is 41.5 Å². The summed E-state index contributed by atoms with van der Waals surface area (Å²) in [5, 5.41) is 2.02. The molecule has 1 atom stereocenters. The smallest absolute Gasteiger partial charge is 0.401 e. The predicted molar refractivity (Wildman–Crippen MR) is 141 cm³/mol. The molecule has 0 aliphatic carbocycles. The summed E-state index contributed by atoms with van der Waals surface area (Å²) in [7, 11) is -0.618. The van der Waals surface area contributed by atoms with Crippen molar-refractivity contribution >= 4 is 27.3 Å². The van der Waals surface area contributed by atoms with E-state index in [-0.39, 0.29) is 6.54 Å². The maximum absolute atomic E-state index is 12.6. The predicted octanol–water partition coefficient (Wildman–Crippen LogP) is 6.48. The van der Waals surface area contributed by atoms with Crippen molar-refractivity contribution in [2.45, 2.75) is 32.4 Å². The zero-order valence-corrected chi connectivity index (χ0v) is 21.5. The van der Waals surface area contributed by atoms with Crippen LogP contribution in [0.3, 0.4) is 0 Å². The first-order valence-electron chi connectivity index (χ1n) is 11.3. The largest absolute Gasteiger partial charge is 0.497 e. The molecular formula is C27H30F3N3O2S. The minimum atomic E-state index is -4.51. The fraction of sp³-hybridized carbons (Fsp3) is 0.296. The number of rotatable bonds is 10. The summed E-state index contributed by atoms with van der Waals surface area (Å²) in [5.74, 6) is -0.0922. The topological polar surface area (TPSA) is 67.0 Å². The molecule has 5 nitrogen and oxygen atoms in total. The number of hydrogen-bond donors (Lipinski definition) is 2. The summed E-state index contributed by atoms with van der Waals surface area (Å²) in [5.41, 5.74) is 2.42. The molecule has 0 saturated carbocycles. The van der Waals surface area contributed by atoms with E-state index in [9.17, 15) is 17.4 Å². The maximum Gasteiger partial charge on any atom is 0.401 e. The molecule has 2 N–H and O–H groups in total. The van der Waals surface area contributed by atoms with Crippen LogP contribution in [0.1, 0.15) is 32.3 Å².